The Labute approximate surface area is 119 Å². The van der Waals surface area contributed by atoms with E-state index in [1.807, 2.05) is 25.1 Å². The van der Waals surface area contributed by atoms with Gasteiger partial charge in [0.2, 0.25) is 0 Å². The summed E-state index contributed by atoms with van der Waals surface area (Å²) in [5.74, 6) is 1.000. The van der Waals surface area contributed by atoms with Crippen LogP contribution in [0.2, 0.25) is 0 Å². The average molecular weight is 293 g/mol. The van der Waals surface area contributed by atoms with Gasteiger partial charge in [-0.25, -0.2) is 4.98 Å². The first-order valence-electron chi connectivity index (χ1n) is 6.59. The molecule has 0 fully saturated rings. The third-order valence-electron chi connectivity index (χ3n) is 3.04. The number of aromatic amines is 1. The van der Waals surface area contributed by atoms with Crippen molar-refractivity contribution in [1.29, 1.82) is 0 Å². The van der Waals surface area contributed by atoms with Crippen LogP contribution in [-0.4, -0.2) is 18.4 Å². The third-order valence-corrected chi connectivity index (χ3v) is 4.33. The highest BCUT2D eigenvalue weighted by Gasteiger charge is 2.17. The lowest BCUT2D eigenvalue weighted by Gasteiger charge is -2.10. The molecule has 0 saturated carbocycles. The Bertz CT molecular complexity index is 690. The van der Waals surface area contributed by atoms with E-state index in [1.54, 1.807) is 6.07 Å². The van der Waals surface area contributed by atoms with Crippen molar-refractivity contribution in [1.82, 2.24) is 9.97 Å². The van der Waals surface area contributed by atoms with E-state index in [9.17, 15) is 8.42 Å². The van der Waals surface area contributed by atoms with Gasteiger partial charge in [0, 0.05) is 12.1 Å². The Morgan fingerprint density at radius 3 is 2.70 bits per heavy atom. The zero-order valence-electron chi connectivity index (χ0n) is 11.8. The number of sulfonamides is 1. The smallest absolute Gasteiger partial charge is 0.278 e. The van der Waals surface area contributed by atoms with Crippen LogP contribution in [0.25, 0.3) is 0 Å². The molecule has 1 aromatic carbocycles. The molecule has 0 saturated heterocycles. The van der Waals surface area contributed by atoms with Crippen LogP contribution in [0.15, 0.2) is 35.5 Å². The number of nitrogens with one attached hydrogen (secondary N) is 2. The van der Waals surface area contributed by atoms with E-state index in [0.29, 0.717) is 23.9 Å². The average Bonchev–Trinajstić information content (AvgIpc) is 2.88. The fourth-order valence-corrected chi connectivity index (χ4v) is 2.82. The van der Waals surface area contributed by atoms with Crippen LogP contribution in [0.1, 0.15) is 38.1 Å². The van der Waals surface area contributed by atoms with Gasteiger partial charge in [0.05, 0.1) is 6.20 Å². The summed E-state index contributed by atoms with van der Waals surface area (Å²) in [5, 5.41) is 0.0873. The minimum atomic E-state index is -3.61. The molecule has 0 atom stereocenters. The van der Waals surface area contributed by atoms with Crippen molar-refractivity contribution in [3.05, 3.63) is 41.9 Å². The first-order chi connectivity index (χ1) is 9.42. The Hall–Kier alpha value is -1.82. The Morgan fingerprint density at radius 1 is 1.35 bits per heavy atom. The van der Waals surface area contributed by atoms with Gasteiger partial charge in [0.15, 0.2) is 5.03 Å². The first-order valence-corrected chi connectivity index (χ1v) is 8.07. The molecule has 0 unspecified atom stereocenters. The maximum atomic E-state index is 12.2. The SMILES string of the molecule is CCc1ncc(S(=O)(=O)Nc2cccc(C(C)C)c2)[nH]1. The van der Waals surface area contributed by atoms with Gasteiger partial charge in [0.25, 0.3) is 10.0 Å². The molecule has 2 aromatic rings. The van der Waals surface area contributed by atoms with E-state index in [1.165, 1.54) is 6.20 Å². The standard InChI is InChI=1S/C14H19N3O2S/c1-4-13-15-9-14(16-13)20(18,19)17-12-7-5-6-11(8-12)10(2)3/h5-10,17H,4H2,1-3H3,(H,15,16). The highest BCUT2D eigenvalue weighted by molar-refractivity contribution is 7.92. The molecule has 20 heavy (non-hydrogen) atoms. The van der Waals surface area contributed by atoms with Crippen LogP contribution in [-0.2, 0) is 16.4 Å². The highest BCUT2D eigenvalue weighted by atomic mass is 32.2. The second kappa shape index (κ2) is 5.66. The van der Waals surface area contributed by atoms with E-state index in [4.69, 9.17) is 0 Å². The van der Waals surface area contributed by atoms with Crippen LogP contribution in [0, 0.1) is 0 Å². The lowest BCUT2D eigenvalue weighted by molar-refractivity contribution is 0.598. The summed E-state index contributed by atoms with van der Waals surface area (Å²) in [6.45, 7) is 6.04. The summed E-state index contributed by atoms with van der Waals surface area (Å²) in [4.78, 5) is 6.81. The summed E-state index contributed by atoms with van der Waals surface area (Å²) < 4.78 is 27.0. The quantitative estimate of drug-likeness (QED) is 0.890. The van der Waals surface area contributed by atoms with Crippen molar-refractivity contribution < 1.29 is 8.42 Å². The molecule has 2 rings (SSSR count). The summed E-state index contributed by atoms with van der Waals surface area (Å²) in [6.07, 6.45) is 2.01. The number of benzene rings is 1. The van der Waals surface area contributed by atoms with Crippen LogP contribution >= 0.6 is 0 Å². The Kier molecular flexibility index (Phi) is 4.13. The molecule has 6 heteroatoms. The lowest BCUT2D eigenvalue weighted by Crippen LogP contribution is -2.13. The number of aryl methyl sites for hydroxylation is 1. The van der Waals surface area contributed by atoms with Crippen LogP contribution in [0.4, 0.5) is 5.69 Å². The van der Waals surface area contributed by atoms with Crippen molar-refractivity contribution in [2.24, 2.45) is 0 Å². The summed E-state index contributed by atoms with van der Waals surface area (Å²) >= 11 is 0. The normalized spacial score (nSPS) is 11.8. The second-order valence-corrected chi connectivity index (χ2v) is 6.58. The summed E-state index contributed by atoms with van der Waals surface area (Å²) in [7, 11) is -3.61. The third kappa shape index (κ3) is 3.19. The summed E-state index contributed by atoms with van der Waals surface area (Å²) in [5.41, 5.74) is 1.65. The molecule has 1 heterocycles. The number of hydrogen-bond acceptors (Lipinski definition) is 3. The van der Waals surface area contributed by atoms with Crippen molar-refractivity contribution in [2.75, 3.05) is 4.72 Å². The minimum absolute atomic E-state index is 0.0873. The monoisotopic (exact) mass is 293 g/mol. The zero-order chi connectivity index (χ0) is 14.8. The molecule has 5 nitrogen and oxygen atoms in total. The fraction of sp³-hybridized carbons (Fsp3) is 0.357. The van der Waals surface area contributed by atoms with Gasteiger partial charge in [-0.3, -0.25) is 4.72 Å². The molecule has 0 radical (unpaired) electrons. The number of imidazole rings is 1. The predicted molar refractivity (Wildman–Crippen MR) is 79.3 cm³/mol. The largest absolute Gasteiger partial charge is 0.332 e. The maximum Gasteiger partial charge on any atom is 0.278 e. The second-order valence-electron chi connectivity index (χ2n) is 4.93. The van der Waals surface area contributed by atoms with Gasteiger partial charge in [0.1, 0.15) is 5.82 Å². The molecule has 0 amide bonds. The van der Waals surface area contributed by atoms with Crippen molar-refractivity contribution >= 4 is 15.7 Å². The molecular formula is C14H19N3O2S. The van der Waals surface area contributed by atoms with Gasteiger partial charge in [-0.05, 0) is 23.6 Å². The number of nitrogens with zero attached hydrogens (tertiary/aromatic N) is 1. The Morgan fingerprint density at radius 2 is 2.10 bits per heavy atom. The van der Waals surface area contributed by atoms with E-state index in [0.717, 1.165) is 5.56 Å². The molecule has 2 N–H and O–H groups in total. The number of aromatic nitrogens is 2. The molecule has 0 aliphatic heterocycles. The van der Waals surface area contributed by atoms with Crippen molar-refractivity contribution in [3.8, 4) is 0 Å². The van der Waals surface area contributed by atoms with Gasteiger partial charge >= 0.3 is 0 Å². The van der Waals surface area contributed by atoms with Crippen molar-refractivity contribution in [2.45, 2.75) is 38.1 Å². The lowest BCUT2D eigenvalue weighted by atomic mass is 10.0. The van der Waals surface area contributed by atoms with E-state index < -0.39 is 10.0 Å². The van der Waals surface area contributed by atoms with Gasteiger partial charge in [-0.15, -0.1) is 0 Å². The number of hydrogen-bond donors (Lipinski definition) is 2. The molecule has 1 aromatic heterocycles. The van der Waals surface area contributed by atoms with E-state index in [-0.39, 0.29) is 5.03 Å². The Balaban J connectivity index is 2.26. The van der Waals surface area contributed by atoms with Gasteiger partial charge in [-0.1, -0.05) is 32.9 Å². The minimum Gasteiger partial charge on any atom is -0.332 e. The maximum absolute atomic E-state index is 12.2. The van der Waals surface area contributed by atoms with Crippen LogP contribution < -0.4 is 4.72 Å². The molecule has 0 aliphatic rings. The van der Waals surface area contributed by atoms with E-state index >= 15 is 0 Å². The number of anilines is 1. The highest BCUT2D eigenvalue weighted by Crippen LogP contribution is 2.20. The molecule has 0 bridgehead atoms. The molecule has 0 spiro atoms. The number of H-pyrrole nitrogens is 1. The van der Waals surface area contributed by atoms with Gasteiger partial charge < -0.3 is 4.98 Å². The first kappa shape index (κ1) is 14.6. The topological polar surface area (TPSA) is 74.8 Å². The number of rotatable bonds is 5. The fourth-order valence-electron chi connectivity index (χ4n) is 1.83. The molecule has 108 valence electrons. The van der Waals surface area contributed by atoms with Gasteiger partial charge in [-0.2, -0.15) is 8.42 Å². The predicted octanol–water partition coefficient (Wildman–Crippen LogP) is 2.90. The zero-order valence-corrected chi connectivity index (χ0v) is 12.7. The van der Waals surface area contributed by atoms with Crippen LogP contribution in [0.3, 0.4) is 0 Å². The molecule has 0 aliphatic carbocycles. The van der Waals surface area contributed by atoms with Crippen molar-refractivity contribution in [3.63, 3.8) is 0 Å². The van der Waals surface area contributed by atoms with E-state index in [2.05, 4.69) is 28.5 Å². The van der Waals surface area contributed by atoms with Crippen LogP contribution in [0.5, 0.6) is 0 Å². The molecular weight excluding hydrogens is 274 g/mol. The summed E-state index contributed by atoms with van der Waals surface area (Å²) in [6, 6.07) is 7.41.